The first-order valence-corrected chi connectivity index (χ1v) is 1.51. The topological polar surface area (TPSA) is 81.1 Å². The average molecular weight is 89.1 g/mol. The fourth-order valence-corrected chi connectivity index (χ4v) is 0. The van der Waals surface area contributed by atoms with Crippen LogP contribution >= 0.6 is 0 Å². The van der Waals surface area contributed by atoms with Gasteiger partial charge in [0.25, 0.3) is 0 Å². The molecule has 4 heteroatoms. The highest BCUT2D eigenvalue weighted by Crippen LogP contribution is 1.36. The number of hydrazine groups is 1. The zero-order valence-electron chi connectivity index (χ0n) is 3.68. The standard InChI is InChI=1S/C2H8N4/c1-6(5)2(3)4/h5H2,1H3,(H3,3,4)/p+1. The Labute approximate surface area is 36.2 Å². The Balaban J connectivity index is 3.68. The second kappa shape index (κ2) is 1.49. The molecule has 0 amide bonds. The highest BCUT2D eigenvalue weighted by Gasteiger charge is 1.83. The number of hydrogen-bond acceptors (Lipinski definition) is 1. The predicted octanol–water partition coefficient (Wildman–Crippen LogP) is -2.22. The third-order valence-corrected chi connectivity index (χ3v) is 0.407. The zero-order chi connectivity index (χ0) is 5.15. The minimum Gasteiger partial charge on any atom is -0.294 e. The fraction of sp³-hybridized carbons (Fsp3) is 0.500. The summed E-state index contributed by atoms with van der Waals surface area (Å²) in [5.74, 6) is 5.10. The molecule has 6 heavy (non-hydrogen) atoms. The monoisotopic (exact) mass is 89.1 g/mol. The number of hydrazone groups is 1. The van der Waals surface area contributed by atoms with Gasteiger partial charge >= 0.3 is 5.96 Å². The summed E-state index contributed by atoms with van der Waals surface area (Å²) in [5.41, 5.74) is 9.86. The van der Waals surface area contributed by atoms with E-state index in [1.165, 1.54) is 0 Å². The van der Waals surface area contributed by atoms with Gasteiger partial charge in [-0.05, 0) is 0 Å². The molecular weight excluding hydrogens is 80.1 g/mol. The van der Waals surface area contributed by atoms with Crippen LogP contribution in [0.25, 0.3) is 0 Å². The molecule has 0 aromatic carbocycles. The fourth-order valence-electron chi connectivity index (χ4n) is 0. The van der Waals surface area contributed by atoms with Crippen molar-refractivity contribution in [1.82, 2.24) is 0 Å². The smallest absolute Gasteiger partial charge is 0.294 e. The molecule has 0 aromatic rings. The lowest BCUT2D eigenvalue weighted by molar-refractivity contribution is -0.510. The van der Waals surface area contributed by atoms with E-state index < -0.39 is 0 Å². The van der Waals surface area contributed by atoms with E-state index in [1.54, 1.807) is 7.05 Å². The molecule has 0 unspecified atom stereocenters. The molecule has 0 atom stereocenters. The molecular formula is C2H9N4+. The molecule has 0 spiro atoms. The van der Waals surface area contributed by atoms with E-state index in [9.17, 15) is 0 Å². The van der Waals surface area contributed by atoms with Gasteiger partial charge in [-0.1, -0.05) is 0 Å². The summed E-state index contributed by atoms with van der Waals surface area (Å²) < 4.78 is 1.14. The Morgan fingerprint density at radius 3 is 1.67 bits per heavy atom. The Bertz CT molecular complexity index is 55.6. The first-order chi connectivity index (χ1) is 2.64. The normalized spacial score (nSPS) is 7.50. The molecule has 0 rings (SSSR count). The molecule has 0 heterocycles. The van der Waals surface area contributed by atoms with Crippen molar-refractivity contribution in [2.24, 2.45) is 17.3 Å². The van der Waals surface area contributed by atoms with Gasteiger partial charge in [-0.2, -0.15) is 4.68 Å². The summed E-state index contributed by atoms with van der Waals surface area (Å²) in [4.78, 5) is 0. The van der Waals surface area contributed by atoms with Crippen molar-refractivity contribution in [2.75, 3.05) is 7.05 Å². The molecule has 0 saturated heterocycles. The lowest BCUT2D eigenvalue weighted by Crippen LogP contribution is -2.37. The SMILES string of the molecule is C[N+](N)=C(N)N. The quantitative estimate of drug-likeness (QED) is 0.103. The van der Waals surface area contributed by atoms with Crippen molar-refractivity contribution in [3.8, 4) is 0 Å². The number of nitrogens with zero attached hydrogens (tertiary/aromatic N) is 1. The summed E-state index contributed by atoms with van der Waals surface area (Å²) in [6, 6.07) is 0. The minimum absolute atomic E-state index is 0.120. The van der Waals surface area contributed by atoms with Gasteiger partial charge in [0.1, 0.15) is 0 Å². The van der Waals surface area contributed by atoms with Crippen LogP contribution in [0.4, 0.5) is 0 Å². The first-order valence-electron chi connectivity index (χ1n) is 1.51. The average Bonchev–Trinajstić information content (AvgIpc) is 1.36. The van der Waals surface area contributed by atoms with Crippen LogP contribution in [-0.2, 0) is 0 Å². The van der Waals surface area contributed by atoms with Crippen LogP contribution in [0.5, 0.6) is 0 Å². The summed E-state index contributed by atoms with van der Waals surface area (Å²) in [6.45, 7) is 0. The molecule has 0 fully saturated rings. The van der Waals surface area contributed by atoms with Gasteiger partial charge in [-0.15, -0.1) is 0 Å². The molecule has 4 nitrogen and oxygen atoms in total. The van der Waals surface area contributed by atoms with Gasteiger partial charge < -0.3 is 0 Å². The second-order valence-corrected chi connectivity index (χ2v) is 1.04. The Morgan fingerprint density at radius 2 is 1.67 bits per heavy atom. The van der Waals surface area contributed by atoms with Gasteiger partial charge in [0.15, 0.2) is 0 Å². The Kier molecular flexibility index (Phi) is 1.26. The molecule has 6 N–H and O–H groups in total. The third kappa shape index (κ3) is 1.40. The van der Waals surface area contributed by atoms with Gasteiger partial charge in [-0.3, -0.25) is 17.3 Å². The van der Waals surface area contributed by atoms with E-state index in [4.69, 9.17) is 17.3 Å². The first kappa shape index (κ1) is 5.07. The van der Waals surface area contributed by atoms with E-state index in [-0.39, 0.29) is 5.96 Å². The van der Waals surface area contributed by atoms with Gasteiger partial charge in [0.05, 0.1) is 7.05 Å². The lowest BCUT2D eigenvalue weighted by Gasteiger charge is -1.86. The Morgan fingerprint density at radius 1 is 1.50 bits per heavy atom. The van der Waals surface area contributed by atoms with E-state index >= 15 is 0 Å². The third-order valence-electron chi connectivity index (χ3n) is 0.407. The van der Waals surface area contributed by atoms with E-state index in [0.29, 0.717) is 0 Å². The molecule has 0 aliphatic carbocycles. The molecule has 0 radical (unpaired) electrons. The van der Waals surface area contributed by atoms with E-state index in [2.05, 4.69) is 0 Å². The maximum atomic E-state index is 4.98. The maximum Gasteiger partial charge on any atom is 0.362 e. The van der Waals surface area contributed by atoms with Crippen LogP contribution in [-0.4, -0.2) is 17.7 Å². The van der Waals surface area contributed by atoms with Crippen LogP contribution in [0.2, 0.25) is 0 Å². The van der Waals surface area contributed by atoms with Crippen LogP contribution in [0.15, 0.2) is 0 Å². The van der Waals surface area contributed by atoms with Gasteiger partial charge in [-0.25, -0.2) is 0 Å². The second-order valence-electron chi connectivity index (χ2n) is 1.04. The predicted molar refractivity (Wildman–Crippen MR) is 23.8 cm³/mol. The molecule has 0 aliphatic heterocycles. The van der Waals surface area contributed by atoms with E-state index in [0.717, 1.165) is 4.68 Å². The van der Waals surface area contributed by atoms with Crippen molar-refractivity contribution in [1.29, 1.82) is 0 Å². The number of hydrogen-bond donors (Lipinski definition) is 3. The zero-order valence-corrected chi connectivity index (χ0v) is 3.68. The van der Waals surface area contributed by atoms with E-state index in [1.807, 2.05) is 0 Å². The van der Waals surface area contributed by atoms with Crippen LogP contribution in [0, 0.1) is 0 Å². The minimum atomic E-state index is 0.120. The molecule has 0 aromatic heterocycles. The molecule has 36 valence electrons. The van der Waals surface area contributed by atoms with Crippen molar-refractivity contribution >= 4 is 5.96 Å². The summed E-state index contributed by atoms with van der Waals surface area (Å²) in [5, 5.41) is 0. The van der Waals surface area contributed by atoms with Crippen molar-refractivity contribution < 1.29 is 4.68 Å². The number of nitrogens with two attached hydrogens (primary N) is 3. The Hall–Kier alpha value is -0.930. The summed E-state index contributed by atoms with van der Waals surface area (Å²) in [6.07, 6.45) is 0. The molecule has 0 saturated carbocycles. The molecule has 0 bridgehead atoms. The van der Waals surface area contributed by atoms with Gasteiger partial charge in [0, 0.05) is 0 Å². The van der Waals surface area contributed by atoms with Gasteiger partial charge in [0.2, 0.25) is 0 Å². The van der Waals surface area contributed by atoms with Crippen LogP contribution < -0.4 is 17.3 Å². The summed E-state index contributed by atoms with van der Waals surface area (Å²) in [7, 11) is 1.56. The van der Waals surface area contributed by atoms with Crippen molar-refractivity contribution in [3.63, 3.8) is 0 Å². The maximum absolute atomic E-state index is 4.98. The highest BCUT2D eigenvalue weighted by atomic mass is 15.3. The van der Waals surface area contributed by atoms with Crippen LogP contribution in [0.1, 0.15) is 0 Å². The lowest BCUT2D eigenvalue weighted by atomic mass is 11.0. The van der Waals surface area contributed by atoms with Crippen molar-refractivity contribution in [2.45, 2.75) is 0 Å². The highest BCUT2D eigenvalue weighted by molar-refractivity contribution is 5.69. The largest absolute Gasteiger partial charge is 0.362 e. The summed E-state index contributed by atoms with van der Waals surface area (Å²) >= 11 is 0. The molecule has 0 aliphatic rings. The number of guanidine groups is 1. The van der Waals surface area contributed by atoms with Crippen LogP contribution in [0.3, 0.4) is 0 Å². The van der Waals surface area contributed by atoms with Crippen molar-refractivity contribution in [3.05, 3.63) is 0 Å². The number of rotatable bonds is 0.